The normalized spacial score (nSPS) is 11.8. The van der Waals surface area contributed by atoms with Crippen molar-refractivity contribution in [1.29, 1.82) is 0 Å². The van der Waals surface area contributed by atoms with Crippen LogP contribution in [-0.2, 0) is 12.0 Å². The molecule has 0 aliphatic heterocycles. The van der Waals surface area contributed by atoms with Gasteiger partial charge in [0.1, 0.15) is 0 Å². The van der Waals surface area contributed by atoms with Crippen LogP contribution in [0.5, 0.6) is 0 Å². The van der Waals surface area contributed by atoms with Crippen LogP contribution in [0.3, 0.4) is 0 Å². The molecule has 13 heavy (non-hydrogen) atoms. The van der Waals surface area contributed by atoms with Crippen LogP contribution in [0.15, 0.2) is 22.7 Å². The van der Waals surface area contributed by atoms with Gasteiger partial charge in [0.05, 0.1) is 6.61 Å². The van der Waals surface area contributed by atoms with Gasteiger partial charge in [0.2, 0.25) is 0 Å². The summed E-state index contributed by atoms with van der Waals surface area (Å²) in [7, 11) is 0. The lowest BCUT2D eigenvalue weighted by atomic mass is 9.87. The second kappa shape index (κ2) is 3.81. The van der Waals surface area contributed by atoms with Crippen LogP contribution in [0.1, 0.15) is 31.9 Å². The molecule has 1 aromatic rings. The van der Waals surface area contributed by atoms with E-state index in [9.17, 15) is 0 Å². The fourth-order valence-corrected chi connectivity index (χ4v) is 2.29. The van der Waals surface area contributed by atoms with Crippen LogP contribution < -0.4 is 0 Å². The van der Waals surface area contributed by atoms with Crippen LogP contribution in [0.4, 0.5) is 0 Å². The molecule has 72 valence electrons. The fourth-order valence-electron chi connectivity index (χ4n) is 1.27. The Kier molecular flexibility index (Phi) is 3.14. The average Bonchev–Trinajstić information content (AvgIpc) is 2.01. The van der Waals surface area contributed by atoms with Crippen molar-refractivity contribution in [2.45, 2.75) is 32.8 Å². The highest BCUT2D eigenvalue weighted by Crippen LogP contribution is 2.30. The van der Waals surface area contributed by atoms with E-state index in [1.165, 1.54) is 5.56 Å². The number of hydrogen-bond acceptors (Lipinski definition) is 1. The molecule has 0 bridgehead atoms. The predicted molar refractivity (Wildman–Crippen MR) is 58.8 cm³/mol. The zero-order chi connectivity index (χ0) is 10.1. The zero-order valence-electron chi connectivity index (χ0n) is 8.26. The Labute approximate surface area is 87.9 Å². The van der Waals surface area contributed by atoms with Gasteiger partial charge in [-0.25, -0.2) is 0 Å². The summed E-state index contributed by atoms with van der Waals surface area (Å²) in [5, 5.41) is 8.93. The SMILES string of the molecule is CC(C)(C)c1ccc(CO)cc1Br. The summed E-state index contributed by atoms with van der Waals surface area (Å²) in [5.74, 6) is 0. The quantitative estimate of drug-likeness (QED) is 0.802. The van der Waals surface area contributed by atoms with Crippen molar-refractivity contribution in [3.63, 3.8) is 0 Å². The molecular formula is C11H15BrO. The summed E-state index contributed by atoms with van der Waals surface area (Å²) in [6, 6.07) is 6.00. The minimum Gasteiger partial charge on any atom is -0.392 e. The number of halogens is 1. The van der Waals surface area contributed by atoms with Crippen LogP contribution in [0.2, 0.25) is 0 Å². The molecule has 0 aliphatic rings. The fraction of sp³-hybridized carbons (Fsp3) is 0.455. The molecule has 0 spiro atoms. The Morgan fingerprint density at radius 1 is 1.31 bits per heavy atom. The lowest BCUT2D eigenvalue weighted by molar-refractivity contribution is 0.281. The van der Waals surface area contributed by atoms with Gasteiger partial charge in [0.25, 0.3) is 0 Å². The molecule has 0 saturated carbocycles. The second-order valence-electron chi connectivity index (χ2n) is 4.22. The summed E-state index contributed by atoms with van der Waals surface area (Å²) in [5.41, 5.74) is 2.36. The van der Waals surface area contributed by atoms with Crippen LogP contribution in [0.25, 0.3) is 0 Å². The Hall–Kier alpha value is -0.340. The van der Waals surface area contributed by atoms with Crippen molar-refractivity contribution >= 4 is 15.9 Å². The van der Waals surface area contributed by atoms with Gasteiger partial charge >= 0.3 is 0 Å². The monoisotopic (exact) mass is 242 g/mol. The van der Waals surface area contributed by atoms with Crippen molar-refractivity contribution < 1.29 is 5.11 Å². The van der Waals surface area contributed by atoms with Gasteiger partial charge in [-0.2, -0.15) is 0 Å². The van der Waals surface area contributed by atoms with Gasteiger partial charge in [-0.1, -0.05) is 48.8 Å². The van der Waals surface area contributed by atoms with Crippen molar-refractivity contribution in [1.82, 2.24) is 0 Å². The standard InChI is InChI=1S/C11H15BrO/c1-11(2,3)9-5-4-8(7-13)6-10(9)12/h4-6,13H,7H2,1-3H3. The number of hydrogen-bond donors (Lipinski definition) is 1. The van der Waals surface area contributed by atoms with Crippen LogP contribution >= 0.6 is 15.9 Å². The van der Waals surface area contributed by atoms with E-state index in [4.69, 9.17) is 5.11 Å². The number of benzene rings is 1. The van der Waals surface area contributed by atoms with E-state index < -0.39 is 0 Å². The third-order valence-electron chi connectivity index (χ3n) is 2.02. The number of rotatable bonds is 1. The number of aliphatic hydroxyl groups is 1. The van der Waals surface area contributed by atoms with Gasteiger partial charge in [-0.05, 0) is 22.6 Å². The largest absolute Gasteiger partial charge is 0.392 e. The molecule has 0 radical (unpaired) electrons. The molecule has 0 aromatic heterocycles. The Morgan fingerprint density at radius 2 is 1.92 bits per heavy atom. The van der Waals surface area contributed by atoms with E-state index in [0.29, 0.717) is 0 Å². The molecule has 1 N–H and O–H groups in total. The third-order valence-corrected chi connectivity index (χ3v) is 2.68. The van der Waals surface area contributed by atoms with Gasteiger partial charge < -0.3 is 5.11 Å². The minimum atomic E-state index is 0.100. The lowest BCUT2D eigenvalue weighted by Crippen LogP contribution is -2.11. The second-order valence-corrected chi connectivity index (χ2v) is 5.08. The Bertz CT molecular complexity index is 299. The van der Waals surface area contributed by atoms with E-state index in [0.717, 1.165) is 10.0 Å². The smallest absolute Gasteiger partial charge is 0.0682 e. The van der Waals surface area contributed by atoms with Gasteiger partial charge in [0, 0.05) is 4.47 Å². The van der Waals surface area contributed by atoms with Crippen LogP contribution in [0, 0.1) is 0 Å². The van der Waals surface area contributed by atoms with Crippen LogP contribution in [-0.4, -0.2) is 5.11 Å². The summed E-state index contributed by atoms with van der Waals surface area (Å²) in [4.78, 5) is 0. The van der Waals surface area contributed by atoms with E-state index in [1.807, 2.05) is 12.1 Å². The van der Waals surface area contributed by atoms with Gasteiger partial charge in [0.15, 0.2) is 0 Å². The molecule has 1 nitrogen and oxygen atoms in total. The van der Waals surface area contributed by atoms with Gasteiger partial charge in [-0.15, -0.1) is 0 Å². The molecule has 0 atom stereocenters. The average molecular weight is 243 g/mol. The molecule has 0 unspecified atom stereocenters. The highest BCUT2D eigenvalue weighted by atomic mass is 79.9. The summed E-state index contributed by atoms with van der Waals surface area (Å²) in [6.07, 6.45) is 0. The first-order valence-corrected chi connectivity index (χ1v) is 5.14. The molecule has 0 amide bonds. The first-order chi connectivity index (χ1) is 5.95. The first kappa shape index (κ1) is 10.7. The Morgan fingerprint density at radius 3 is 2.31 bits per heavy atom. The molecule has 1 aromatic carbocycles. The van der Waals surface area contributed by atoms with Crippen molar-refractivity contribution in [3.05, 3.63) is 33.8 Å². The molecule has 0 fully saturated rings. The maximum atomic E-state index is 8.93. The van der Waals surface area contributed by atoms with E-state index >= 15 is 0 Å². The summed E-state index contributed by atoms with van der Waals surface area (Å²) in [6.45, 7) is 6.62. The van der Waals surface area contributed by atoms with E-state index in [2.05, 4.69) is 42.8 Å². The third kappa shape index (κ3) is 2.55. The van der Waals surface area contributed by atoms with E-state index in [1.54, 1.807) is 0 Å². The minimum absolute atomic E-state index is 0.100. The van der Waals surface area contributed by atoms with Crippen molar-refractivity contribution in [2.24, 2.45) is 0 Å². The maximum absolute atomic E-state index is 8.93. The predicted octanol–water partition coefficient (Wildman–Crippen LogP) is 3.24. The molecule has 2 heteroatoms. The first-order valence-electron chi connectivity index (χ1n) is 4.35. The maximum Gasteiger partial charge on any atom is 0.0682 e. The summed E-state index contributed by atoms with van der Waals surface area (Å²) >= 11 is 3.51. The number of aliphatic hydroxyl groups excluding tert-OH is 1. The lowest BCUT2D eigenvalue weighted by Gasteiger charge is -2.21. The topological polar surface area (TPSA) is 20.2 Å². The molecule has 0 aliphatic carbocycles. The van der Waals surface area contributed by atoms with Crippen molar-refractivity contribution in [2.75, 3.05) is 0 Å². The molecular weight excluding hydrogens is 228 g/mol. The zero-order valence-corrected chi connectivity index (χ0v) is 9.85. The van der Waals surface area contributed by atoms with Crippen molar-refractivity contribution in [3.8, 4) is 0 Å². The Balaban J connectivity index is 3.13. The van der Waals surface area contributed by atoms with Gasteiger partial charge in [-0.3, -0.25) is 0 Å². The highest BCUT2D eigenvalue weighted by Gasteiger charge is 2.16. The van der Waals surface area contributed by atoms with E-state index in [-0.39, 0.29) is 12.0 Å². The molecule has 0 saturated heterocycles. The summed E-state index contributed by atoms with van der Waals surface area (Å²) < 4.78 is 1.08. The molecule has 0 heterocycles. The highest BCUT2D eigenvalue weighted by molar-refractivity contribution is 9.10. The molecule has 1 rings (SSSR count).